The highest BCUT2D eigenvalue weighted by molar-refractivity contribution is 6.04. The molecule has 0 aromatic rings. The molecular weight excluding hydrogens is 180 g/mol. The summed E-state index contributed by atoms with van der Waals surface area (Å²) in [6.45, 7) is 3.59. The maximum Gasteiger partial charge on any atom is 0.319 e. The largest absolute Gasteiger partial charge is 0.468 e. The molecule has 1 saturated carbocycles. The van der Waals surface area contributed by atoms with Crippen LogP contribution < -0.4 is 0 Å². The highest BCUT2D eigenvalue weighted by Gasteiger charge is 2.46. The number of ketones is 1. The van der Waals surface area contributed by atoms with E-state index in [2.05, 4.69) is 6.58 Å². The Morgan fingerprint density at radius 3 is 2.86 bits per heavy atom. The number of methoxy groups -OCH3 is 1. The van der Waals surface area contributed by atoms with Crippen LogP contribution in [0.25, 0.3) is 0 Å². The third-order valence-corrected chi connectivity index (χ3v) is 2.86. The molecule has 0 aliphatic heterocycles. The van der Waals surface area contributed by atoms with Gasteiger partial charge in [-0.25, -0.2) is 0 Å². The number of rotatable bonds is 3. The number of Topliss-reactive ketones (excluding diaryl/α,β-unsaturated/α-hetero) is 1. The van der Waals surface area contributed by atoms with Crippen LogP contribution in [0.4, 0.5) is 0 Å². The first-order valence-corrected chi connectivity index (χ1v) is 4.90. The number of carbonyl (C=O) groups excluding carboxylic acids is 2. The first-order valence-electron chi connectivity index (χ1n) is 4.90. The Morgan fingerprint density at radius 1 is 1.64 bits per heavy atom. The van der Waals surface area contributed by atoms with E-state index in [9.17, 15) is 9.59 Å². The third-order valence-electron chi connectivity index (χ3n) is 2.86. The number of carbonyl (C=O) groups is 2. The average molecular weight is 196 g/mol. The van der Waals surface area contributed by atoms with Gasteiger partial charge in [0.25, 0.3) is 0 Å². The minimum Gasteiger partial charge on any atom is -0.468 e. The molecule has 14 heavy (non-hydrogen) atoms. The molecule has 1 rings (SSSR count). The smallest absolute Gasteiger partial charge is 0.319 e. The summed E-state index contributed by atoms with van der Waals surface area (Å²) in [5, 5.41) is 0. The molecule has 0 aromatic heterocycles. The van der Waals surface area contributed by atoms with Gasteiger partial charge in [-0.05, 0) is 19.3 Å². The lowest BCUT2D eigenvalue weighted by molar-refractivity contribution is -0.159. The summed E-state index contributed by atoms with van der Waals surface area (Å²) < 4.78 is 4.71. The SMILES string of the molecule is C=CCC1(C(=O)OC)CCCCC1=O. The Bertz CT molecular complexity index is 247. The van der Waals surface area contributed by atoms with Gasteiger partial charge in [-0.2, -0.15) is 0 Å². The molecule has 3 nitrogen and oxygen atoms in total. The molecular formula is C11H16O3. The first kappa shape index (κ1) is 11.0. The van der Waals surface area contributed by atoms with Crippen molar-refractivity contribution in [2.75, 3.05) is 7.11 Å². The number of ether oxygens (including phenoxy) is 1. The van der Waals surface area contributed by atoms with E-state index in [0.29, 0.717) is 19.3 Å². The fourth-order valence-corrected chi connectivity index (χ4v) is 2.05. The summed E-state index contributed by atoms with van der Waals surface area (Å²) >= 11 is 0. The van der Waals surface area contributed by atoms with E-state index in [1.165, 1.54) is 7.11 Å². The van der Waals surface area contributed by atoms with Crippen molar-refractivity contribution in [3.63, 3.8) is 0 Å². The third kappa shape index (κ3) is 1.72. The summed E-state index contributed by atoms with van der Waals surface area (Å²) in [7, 11) is 1.33. The van der Waals surface area contributed by atoms with Crippen LogP contribution in [-0.2, 0) is 14.3 Å². The van der Waals surface area contributed by atoms with Crippen molar-refractivity contribution in [2.45, 2.75) is 32.1 Å². The monoisotopic (exact) mass is 196 g/mol. The van der Waals surface area contributed by atoms with Crippen LogP contribution in [0, 0.1) is 5.41 Å². The highest BCUT2D eigenvalue weighted by atomic mass is 16.5. The molecule has 0 N–H and O–H groups in total. The van der Waals surface area contributed by atoms with Crippen LogP contribution >= 0.6 is 0 Å². The van der Waals surface area contributed by atoms with E-state index in [0.717, 1.165) is 12.8 Å². The second kappa shape index (κ2) is 4.40. The molecule has 3 heteroatoms. The molecule has 0 saturated heterocycles. The molecule has 0 bridgehead atoms. The van der Waals surface area contributed by atoms with Crippen molar-refractivity contribution < 1.29 is 14.3 Å². The molecule has 0 aromatic carbocycles. The van der Waals surface area contributed by atoms with Crippen molar-refractivity contribution in [3.8, 4) is 0 Å². The Balaban J connectivity index is 2.93. The van der Waals surface area contributed by atoms with Gasteiger partial charge >= 0.3 is 5.97 Å². The van der Waals surface area contributed by atoms with Gasteiger partial charge < -0.3 is 4.74 Å². The molecule has 1 aliphatic rings. The second-order valence-electron chi connectivity index (χ2n) is 3.70. The van der Waals surface area contributed by atoms with Crippen LogP contribution in [0.2, 0.25) is 0 Å². The van der Waals surface area contributed by atoms with E-state index >= 15 is 0 Å². The molecule has 1 fully saturated rings. The van der Waals surface area contributed by atoms with Crippen molar-refractivity contribution in [1.29, 1.82) is 0 Å². The van der Waals surface area contributed by atoms with Crippen LogP contribution in [0.15, 0.2) is 12.7 Å². The predicted molar refractivity (Wildman–Crippen MR) is 52.7 cm³/mol. The minimum atomic E-state index is -0.922. The fourth-order valence-electron chi connectivity index (χ4n) is 2.05. The number of esters is 1. The maximum atomic E-state index is 11.8. The molecule has 0 heterocycles. The van der Waals surface area contributed by atoms with Crippen molar-refractivity contribution in [1.82, 2.24) is 0 Å². The Morgan fingerprint density at radius 2 is 2.36 bits per heavy atom. The Hall–Kier alpha value is -1.12. The predicted octanol–water partition coefficient (Wildman–Crippen LogP) is 1.86. The quantitative estimate of drug-likeness (QED) is 0.393. The minimum absolute atomic E-state index is 0.00972. The number of allylic oxidation sites excluding steroid dienone is 1. The van der Waals surface area contributed by atoms with Gasteiger partial charge in [-0.3, -0.25) is 9.59 Å². The Kier molecular flexibility index (Phi) is 3.44. The van der Waals surface area contributed by atoms with E-state index in [-0.39, 0.29) is 5.78 Å². The highest BCUT2D eigenvalue weighted by Crippen LogP contribution is 2.37. The lowest BCUT2D eigenvalue weighted by Crippen LogP contribution is -2.42. The van der Waals surface area contributed by atoms with E-state index in [4.69, 9.17) is 4.74 Å². The topological polar surface area (TPSA) is 43.4 Å². The standard InChI is InChI=1S/C11H16O3/c1-3-7-11(10(13)14-2)8-5-4-6-9(11)12/h3H,1,4-8H2,2H3. The van der Waals surface area contributed by atoms with Gasteiger partial charge in [-0.15, -0.1) is 6.58 Å². The van der Waals surface area contributed by atoms with Crippen LogP contribution in [0.1, 0.15) is 32.1 Å². The molecule has 0 radical (unpaired) electrons. The van der Waals surface area contributed by atoms with Gasteiger partial charge in [0.05, 0.1) is 7.11 Å². The lowest BCUT2D eigenvalue weighted by Gasteiger charge is -2.31. The van der Waals surface area contributed by atoms with Crippen LogP contribution in [0.5, 0.6) is 0 Å². The second-order valence-corrected chi connectivity index (χ2v) is 3.70. The van der Waals surface area contributed by atoms with Crippen LogP contribution in [0.3, 0.4) is 0 Å². The summed E-state index contributed by atoms with van der Waals surface area (Å²) in [5.74, 6) is -0.391. The summed E-state index contributed by atoms with van der Waals surface area (Å²) in [5.41, 5.74) is -0.922. The van der Waals surface area contributed by atoms with Gasteiger partial charge in [0, 0.05) is 6.42 Å². The summed E-state index contributed by atoms with van der Waals surface area (Å²) in [6.07, 6.45) is 4.91. The molecule has 1 aliphatic carbocycles. The Labute approximate surface area is 84.1 Å². The summed E-state index contributed by atoms with van der Waals surface area (Å²) in [4.78, 5) is 23.4. The van der Waals surface area contributed by atoms with Gasteiger partial charge in [0.15, 0.2) is 0 Å². The zero-order chi connectivity index (χ0) is 10.6. The van der Waals surface area contributed by atoms with Crippen molar-refractivity contribution >= 4 is 11.8 Å². The molecule has 78 valence electrons. The molecule has 0 spiro atoms. The molecule has 0 amide bonds. The normalized spacial score (nSPS) is 27.1. The molecule has 1 unspecified atom stereocenters. The average Bonchev–Trinajstić information content (AvgIpc) is 2.20. The van der Waals surface area contributed by atoms with Crippen LogP contribution in [-0.4, -0.2) is 18.9 Å². The van der Waals surface area contributed by atoms with E-state index < -0.39 is 11.4 Å². The fraction of sp³-hybridized carbons (Fsp3) is 0.636. The zero-order valence-corrected chi connectivity index (χ0v) is 8.54. The van der Waals surface area contributed by atoms with Gasteiger partial charge in [-0.1, -0.05) is 12.5 Å². The van der Waals surface area contributed by atoms with Crippen molar-refractivity contribution in [3.05, 3.63) is 12.7 Å². The first-order chi connectivity index (χ1) is 6.67. The van der Waals surface area contributed by atoms with E-state index in [1.807, 2.05) is 0 Å². The maximum absolute atomic E-state index is 11.8. The number of hydrogen-bond acceptors (Lipinski definition) is 3. The lowest BCUT2D eigenvalue weighted by atomic mass is 9.71. The van der Waals surface area contributed by atoms with Gasteiger partial charge in [0.1, 0.15) is 11.2 Å². The summed E-state index contributed by atoms with van der Waals surface area (Å²) in [6, 6.07) is 0. The van der Waals surface area contributed by atoms with Gasteiger partial charge in [0.2, 0.25) is 0 Å². The molecule has 1 atom stereocenters. The number of hydrogen-bond donors (Lipinski definition) is 0. The van der Waals surface area contributed by atoms with E-state index in [1.54, 1.807) is 6.08 Å². The zero-order valence-electron chi connectivity index (χ0n) is 8.54. The van der Waals surface area contributed by atoms with Crippen molar-refractivity contribution in [2.24, 2.45) is 5.41 Å².